The molecule has 0 fully saturated rings. The maximum absolute atomic E-state index is 14.0. The number of benzene rings is 3. The zero-order valence-electron chi connectivity index (χ0n) is 16.5. The molecule has 0 N–H and O–H groups in total. The van der Waals surface area contributed by atoms with Crippen molar-refractivity contribution in [3.8, 4) is 23.0 Å². The Kier molecular flexibility index (Phi) is 5.05. The SMILES string of the molecule is Cc1cccc(C#Cc2c(C(F)(F)F)nc3ccccc3c2-c2cccc(C)c2)c1. The van der Waals surface area contributed by atoms with Crippen LogP contribution >= 0.6 is 0 Å². The number of aryl methyl sites for hydroxylation is 2. The number of alkyl halides is 3. The van der Waals surface area contributed by atoms with Crippen molar-refractivity contribution in [3.63, 3.8) is 0 Å². The Labute approximate surface area is 173 Å². The summed E-state index contributed by atoms with van der Waals surface area (Å²) < 4.78 is 42.0. The summed E-state index contributed by atoms with van der Waals surface area (Å²) in [5.74, 6) is 5.72. The van der Waals surface area contributed by atoms with Gasteiger partial charge < -0.3 is 0 Å². The first-order valence-electron chi connectivity index (χ1n) is 9.48. The monoisotopic (exact) mass is 401 g/mol. The number of hydrogen-bond acceptors (Lipinski definition) is 1. The van der Waals surface area contributed by atoms with Crippen LogP contribution in [0.2, 0.25) is 0 Å². The van der Waals surface area contributed by atoms with Gasteiger partial charge in [-0.3, -0.25) is 0 Å². The molecule has 1 nitrogen and oxygen atoms in total. The maximum Gasteiger partial charge on any atom is 0.434 e. The van der Waals surface area contributed by atoms with Gasteiger partial charge in [-0.05, 0) is 43.2 Å². The Hall–Kier alpha value is -3.58. The van der Waals surface area contributed by atoms with E-state index in [1.165, 1.54) is 0 Å². The number of fused-ring (bicyclic) bond motifs is 1. The highest BCUT2D eigenvalue weighted by atomic mass is 19.4. The third-order valence-electron chi connectivity index (χ3n) is 4.82. The fourth-order valence-corrected chi connectivity index (χ4v) is 3.50. The highest BCUT2D eigenvalue weighted by Gasteiger charge is 2.37. The highest BCUT2D eigenvalue weighted by molar-refractivity contribution is 5.98. The number of aromatic nitrogens is 1. The molecule has 0 saturated heterocycles. The second-order valence-corrected chi connectivity index (χ2v) is 7.21. The number of pyridine rings is 1. The van der Waals surface area contributed by atoms with E-state index in [0.29, 0.717) is 27.6 Å². The molecule has 4 rings (SSSR count). The molecule has 148 valence electrons. The van der Waals surface area contributed by atoms with Crippen LogP contribution in [0.5, 0.6) is 0 Å². The molecule has 0 spiro atoms. The van der Waals surface area contributed by atoms with Crippen LogP contribution in [0, 0.1) is 25.7 Å². The Balaban J connectivity index is 2.09. The minimum atomic E-state index is -4.63. The van der Waals surface area contributed by atoms with Gasteiger partial charge in [0.2, 0.25) is 0 Å². The summed E-state index contributed by atoms with van der Waals surface area (Å²) in [6.45, 7) is 3.83. The standard InChI is InChI=1S/C26H18F3N/c1-17-7-5-9-19(15-17)13-14-22-24(20-10-6-8-18(2)16-20)21-11-3-4-12-23(21)30-25(22)26(27,28)29/h3-12,15-16H,1-2H3. The molecule has 0 aliphatic rings. The molecule has 3 aromatic carbocycles. The minimum absolute atomic E-state index is 0.103. The van der Waals surface area contributed by atoms with Crippen LogP contribution < -0.4 is 0 Å². The topological polar surface area (TPSA) is 12.9 Å². The van der Waals surface area contributed by atoms with Crippen molar-refractivity contribution in [1.82, 2.24) is 4.98 Å². The molecule has 0 aliphatic heterocycles. The number of rotatable bonds is 1. The molecule has 0 saturated carbocycles. The first-order chi connectivity index (χ1) is 14.3. The van der Waals surface area contributed by atoms with Crippen LogP contribution in [0.15, 0.2) is 72.8 Å². The number of nitrogens with zero attached hydrogens (tertiary/aromatic N) is 1. The molecule has 1 aromatic heterocycles. The lowest BCUT2D eigenvalue weighted by Gasteiger charge is -2.16. The van der Waals surface area contributed by atoms with Crippen molar-refractivity contribution in [2.45, 2.75) is 20.0 Å². The van der Waals surface area contributed by atoms with E-state index in [1.54, 1.807) is 30.3 Å². The molecule has 0 amide bonds. The average Bonchev–Trinajstić information content (AvgIpc) is 2.70. The van der Waals surface area contributed by atoms with Crippen LogP contribution in [0.1, 0.15) is 27.9 Å². The van der Waals surface area contributed by atoms with Gasteiger partial charge in [-0.25, -0.2) is 4.98 Å². The molecule has 1 heterocycles. The molecule has 30 heavy (non-hydrogen) atoms. The van der Waals surface area contributed by atoms with Crippen LogP contribution in [0.3, 0.4) is 0 Å². The molecule has 0 atom stereocenters. The van der Waals surface area contributed by atoms with Gasteiger partial charge in [0.25, 0.3) is 0 Å². The Bertz CT molecular complexity index is 1310. The van der Waals surface area contributed by atoms with E-state index in [2.05, 4.69) is 16.8 Å². The lowest BCUT2D eigenvalue weighted by Crippen LogP contribution is -2.12. The molecule has 0 radical (unpaired) electrons. The first-order valence-corrected chi connectivity index (χ1v) is 9.48. The fourth-order valence-electron chi connectivity index (χ4n) is 3.50. The molecule has 0 bridgehead atoms. The normalized spacial score (nSPS) is 11.2. The van der Waals surface area contributed by atoms with Crippen LogP contribution in [-0.2, 0) is 6.18 Å². The van der Waals surface area contributed by atoms with Crippen molar-refractivity contribution in [2.75, 3.05) is 0 Å². The Morgan fingerprint density at radius 2 is 1.47 bits per heavy atom. The van der Waals surface area contributed by atoms with Crippen molar-refractivity contribution in [3.05, 3.63) is 101 Å². The third-order valence-corrected chi connectivity index (χ3v) is 4.82. The summed E-state index contributed by atoms with van der Waals surface area (Å²) in [6.07, 6.45) is -4.63. The zero-order valence-corrected chi connectivity index (χ0v) is 16.5. The number of halogens is 3. The van der Waals surface area contributed by atoms with Gasteiger partial charge >= 0.3 is 6.18 Å². The molecule has 0 unspecified atom stereocenters. The Morgan fingerprint density at radius 1 is 0.767 bits per heavy atom. The van der Waals surface area contributed by atoms with E-state index in [4.69, 9.17) is 0 Å². The smallest absolute Gasteiger partial charge is 0.242 e. The molecule has 0 aliphatic carbocycles. The Morgan fingerprint density at radius 3 is 2.17 bits per heavy atom. The summed E-state index contributed by atoms with van der Waals surface area (Å²) in [4.78, 5) is 3.96. The summed E-state index contributed by atoms with van der Waals surface area (Å²) >= 11 is 0. The van der Waals surface area contributed by atoms with Crippen LogP contribution in [0.25, 0.3) is 22.0 Å². The van der Waals surface area contributed by atoms with E-state index in [1.807, 2.05) is 56.3 Å². The largest absolute Gasteiger partial charge is 0.434 e. The van der Waals surface area contributed by atoms with E-state index in [0.717, 1.165) is 11.1 Å². The van der Waals surface area contributed by atoms with Gasteiger partial charge in [-0.2, -0.15) is 13.2 Å². The molecular weight excluding hydrogens is 383 g/mol. The third kappa shape index (κ3) is 3.92. The quantitative estimate of drug-likeness (QED) is 0.315. The summed E-state index contributed by atoms with van der Waals surface area (Å²) in [5.41, 5.74) is 2.98. The van der Waals surface area contributed by atoms with Gasteiger partial charge in [-0.1, -0.05) is 72.0 Å². The number of hydrogen-bond donors (Lipinski definition) is 0. The summed E-state index contributed by atoms with van der Waals surface area (Å²) in [6, 6.07) is 21.7. The lowest BCUT2D eigenvalue weighted by molar-refractivity contribution is -0.141. The molecule has 4 aromatic rings. The van der Waals surface area contributed by atoms with Crippen molar-refractivity contribution >= 4 is 10.9 Å². The molecule has 4 heteroatoms. The van der Waals surface area contributed by atoms with Gasteiger partial charge in [0.05, 0.1) is 11.1 Å². The maximum atomic E-state index is 14.0. The highest BCUT2D eigenvalue weighted by Crippen LogP contribution is 2.39. The van der Waals surface area contributed by atoms with Gasteiger partial charge in [0, 0.05) is 16.5 Å². The number of para-hydroxylation sites is 1. The van der Waals surface area contributed by atoms with E-state index in [9.17, 15) is 13.2 Å². The van der Waals surface area contributed by atoms with Crippen molar-refractivity contribution in [1.29, 1.82) is 0 Å². The van der Waals surface area contributed by atoms with Gasteiger partial charge in [0.15, 0.2) is 5.69 Å². The fraction of sp³-hybridized carbons (Fsp3) is 0.115. The second-order valence-electron chi connectivity index (χ2n) is 7.21. The van der Waals surface area contributed by atoms with Gasteiger partial charge in [-0.15, -0.1) is 0 Å². The lowest BCUT2D eigenvalue weighted by atomic mass is 9.93. The van der Waals surface area contributed by atoms with Crippen LogP contribution in [0.4, 0.5) is 13.2 Å². The predicted molar refractivity (Wildman–Crippen MR) is 114 cm³/mol. The van der Waals surface area contributed by atoms with E-state index >= 15 is 0 Å². The average molecular weight is 401 g/mol. The van der Waals surface area contributed by atoms with Crippen LogP contribution in [-0.4, -0.2) is 4.98 Å². The van der Waals surface area contributed by atoms with Crippen molar-refractivity contribution < 1.29 is 13.2 Å². The minimum Gasteiger partial charge on any atom is -0.242 e. The van der Waals surface area contributed by atoms with E-state index < -0.39 is 11.9 Å². The molecular formula is C26H18F3N. The second kappa shape index (κ2) is 7.68. The first kappa shape index (κ1) is 19.7. The summed E-state index contributed by atoms with van der Waals surface area (Å²) in [5, 5.41) is 0.643. The van der Waals surface area contributed by atoms with Crippen molar-refractivity contribution in [2.24, 2.45) is 0 Å². The van der Waals surface area contributed by atoms with E-state index in [-0.39, 0.29) is 5.56 Å². The summed E-state index contributed by atoms with van der Waals surface area (Å²) in [7, 11) is 0. The van der Waals surface area contributed by atoms with Gasteiger partial charge in [0.1, 0.15) is 0 Å². The predicted octanol–water partition coefficient (Wildman–Crippen LogP) is 6.94. The zero-order chi connectivity index (χ0) is 21.3.